The predicted molar refractivity (Wildman–Crippen MR) is 94.8 cm³/mol. The van der Waals surface area contributed by atoms with E-state index in [9.17, 15) is 9.90 Å². The molecule has 0 spiro atoms. The molecular formula is C17H15N3O3S. The standard InChI is InChI=1S/C17H15N3O3S/c1-10-8-14(21)15(16(22)23-10)11(2)19-20-17-18-13(9-24-17)12-6-4-3-5-7-12/h3-9,21H,1-2H3,(H,18,20)/b19-11+. The fourth-order valence-corrected chi connectivity index (χ4v) is 2.84. The third kappa shape index (κ3) is 3.36. The Bertz CT molecular complexity index is 945. The van der Waals surface area contributed by atoms with Gasteiger partial charge in [-0.25, -0.2) is 9.78 Å². The number of hydrazone groups is 1. The minimum atomic E-state index is -0.625. The number of rotatable bonds is 4. The number of thiazole rings is 1. The number of hydrogen-bond donors (Lipinski definition) is 2. The molecule has 0 fully saturated rings. The van der Waals surface area contributed by atoms with Crippen LogP contribution in [0.1, 0.15) is 18.2 Å². The Hall–Kier alpha value is -2.93. The summed E-state index contributed by atoms with van der Waals surface area (Å²) in [6.45, 7) is 3.20. The predicted octanol–water partition coefficient (Wildman–Crippen LogP) is 3.61. The molecule has 0 saturated carbocycles. The van der Waals surface area contributed by atoms with Crippen LogP contribution >= 0.6 is 11.3 Å². The van der Waals surface area contributed by atoms with Crippen LogP contribution in [-0.2, 0) is 0 Å². The van der Waals surface area contributed by atoms with E-state index in [1.807, 2.05) is 35.7 Å². The summed E-state index contributed by atoms with van der Waals surface area (Å²) in [6.07, 6.45) is 0. The fourth-order valence-electron chi connectivity index (χ4n) is 2.18. The van der Waals surface area contributed by atoms with E-state index >= 15 is 0 Å². The maximum absolute atomic E-state index is 11.9. The summed E-state index contributed by atoms with van der Waals surface area (Å²) in [6, 6.07) is 11.2. The summed E-state index contributed by atoms with van der Waals surface area (Å²) in [4.78, 5) is 16.3. The van der Waals surface area contributed by atoms with Crippen LogP contribution in [0.2, 0.25) is 0 Å². The van der Waals surface area contributed by atoms with Gasteiger partial charge in [-0.15, -0.1) is 11.3 Å². The molecule has 24 heavy (non-hydrogen) atoms. The molecule has 6 nitrogen and oxygen atoms in total. The van der Waals surface area contributed by atoms with Crippen molar-refractivity contribution in [2.45, 2.75) is 13.8 Å². The molecule has 0 bridgehead atoms. The number of benzene rings is 1. The van der Waals surface area contributed by atoms with Crippen molar-refractivity contribution in [3.63, 3.8) is 0 Å². The van der Waals surface area contributed by atoms with Crippen LogP contribution in [0, 0.1) is 6.92 Å². The Kier molecular flexibility index (Phi) is 4.43. The average molecular weight is 341 g/mol. The van der Waals surface area contributed by atoms with Crippen LogP contribution in [0.25, 0.3) is 11.3 Å². The van der Waals surface area contributed by atoms with Gasteiger partial charge in [0.25, 0.3) is 0 Å². The van der Waals surface area contributed by atoms with Gasteiger partial charge in [0.2, 0.25) is 5.13 Å². The molecule has 1 aromatic carbocycles. The van der Waals surface area contributed by atoms with Gasteiger partial charge in [-0.3, -0.25) is 5.43 Å². The topological polar surface area (TPSA) is 87.7 Å². The van der Waals surface area contributed by atoms with E-state index in [0.29, 0.717) is 16.6 Å². The number of aromatic hydroxyl groups is 1. The highest BCUT2D eigenvalue weighted by Crippen LogP contribution is 2.24. The second-order valence-corrected chi connectivity index (χ2v) is 5.98. The molecule has 122 valence electrons. The molecule has 0 saturated heterocycles. The van der Waals surface area contributed by atoms with Crippen LogP contribution < -0.4 is 11.1 Å². The smallest absolute Gasteiger partial charge is 0.348 e. The molecule has 7 heteroatoms. The number of aromatic nitrogens is 1. The molecule has 0 aliphatic heterocycles. The molecule has 0 aliphatic rings. The van der Waals surface area contributed by atoms with Gasteiger partial charge in [0.1, 0.15) is 17.1 Å². The van der Waals surface area contributed by atoms with Crippen LogP contribution in [0.4, 0.5) is 5.13 Å². The van der Waals surface area contributed by atoms with Gasteiger partial charge < -0.3 is 9.52 Å². The van der Waals surface area contributed by atoms with E-state index in [-0.39, 0.29) is 11.3 Å². The Labute approximate surface area is 142 Å². The molecule has 2 heterocycles. The van der Waals surface area contributed by atoms with Crippen molar-refractivity contribution in [3.8, 4) is 17.0 Å². The zero-order valence-electron chi connectivity index (χ0n) is 13.1. The second-order valence-electron chi connectivity index (χ2n) is 5.12. The molecule has 2 aromatic heterocycles. The molecule has 0 radical (unpaired) electrons. The third-order valence-corrected chi connectivity index (χ3v) is 4.06. The van der Waals surface area contributed by atoms with Crippen LogP contribution in [-0.4, -0.2) is 15.8 Å². The lowest BCUT2D eigenvalue weighted by atomic mass is 10.2. The Morgan fingerprint density at radius 2 is 2.08 bits per heavy atom. The second kappa shape index (κ2) is 6.67. The maximum Gasteiger partial charge on any atom is 0.348 e. The molecule has 3 aromatic rings. The van der Waals surface area contributed by atoms with E-state index < -0.39 is 5.63 Å². The monoisotopic (exact) mass is 341 g/mol. The van der Waals surface area contributed by atoms with Gasteiger partial charge >= 0.3 is 5.63 Å². The summed E-state index contributed by atoms with van der Waals surface area (Å²) in [5.74, 6) is 0.186. The van der Waals surface area contributed by atoms with Gasteiger partial charge in [-0.1, -0.05) is 30.3 Å². The average Bonchev–Trinajstić information content (AvgIpc) is 3.02. The van der Waals surface area contributed by atoms with Crippen LogP contribution in [0.15, 0.2) is 56.1 Å². The highest BCUT2D eigenvalue weighted by molar-refractivity contribution is 7.14. The van der Waals surface area contributed by atoms with E-state index in [4.69, 9.17) is 4.42 Å². The lowest BCUT2D eigenvalue weighted by Crippen LogP contribution is -2.14. The van der Waals surface area contributed by atoms with Crippen LogP contribution in [0.3, 0.4) is 0 Å². The summed E-state index contributed by atoms with van der Waals surface area (Å²) in [5.41, 5.74) is 4.39. The van der Waals surface area contributed by atoms with E-state index in [1.165, 1.54) is 17.4 Å². The van der Waals surface area contributed by atoms with Gasteiger partial charge in [0.05, 0.1) is 11.4 Å². The first kappa shape index (κ1) is 15.9. The molecule has 0 unspecified atom stereocenters. The minimum absolute atomic E-state index is 0.0351. The Balaban J connectivity index is 1.82. The van der Waals surface area contributed by atoms with Crippen molar-refractivity contribution >= 4 is 22.2 Å². The summed E-state index contributed by atoms with van der Waals surface area (Å²) in [7, 11) is 0. The lowest BCUT2D eigenvalue weighted by Gasteiger charge is -2.03. The van der Waals surface area contributed by atoms with Gasteiger partial charge in [-0.05, 0) is 13.8 Å². The first-order valence-corrected chi connectivity index (χ1v) is 8.08. The zero-order valence-corrected chi connectivity index (χ0v) is 13.9. The summed E-state index contributed by atoms with van der Waals surface area (Å²) in [5, 5.41) is 16.5. The van der Waals surface area contributed by atoms with Crippen molar-refractivity contribution in [2.75, 3.05) is 5.43 Å². The largest absolute Gasteiger partial charge is 0.507 e. The van der Waals surface area contributed by atoms with E-state index in [2.05, 4.69) is 15.5 Å². The number of hydrogen-bond acceptors (Lipinski definition) is 7. The van der Waals surface area contributed by atoms with Gasteiger partial charge in [0.15, 0.2) is 0 Å². The highest BCUT2D eigenvalue weighted by Gasteiger charge is 2.13. The Morgan fingerprint density at radius 3 is 2.79 bits per heavy atom. The van der Waals surface area contributed by atoms with Crippen molar-refractivity contribution in [1.29, 1.82) is 0 Å². The SMILES string of the molecule is C/C(=N\Nc1nc(-c2ccccc2)cs1)c1c(O)cc(C)oc1=O. The minimum Gasteiger partial charge on any atom is -0.507 e. The van der Waals surface area contributed by atoms with Crippen molar-refractivity contribution in [2.24, 2.45) is 5.10 Å². The van der Waals surface area contributed by atoms with E-state index in [1.54, 1.807) is 13.8 Å². The molecule has 2 N–H and O–H groups in total. The molecule has 0 amide bonds. The zero-order chi connectivity index (χ0) is 17.1. The fraction of sp³-hybridized carbons (Fsp3) is 0.118. The maximum atomic E-state index is 11.9. The quantitative estimate of drug-likeness (QED) is 0.559. The molecule has 0 atom stereocenters. The van der Waals surface area contributed by atoms with Crippen molar-refractivity contribution in [3.05, 3.63) is 63.5 Å². The lowest BCUT2D eigenvalue weighted by molar-refractivity contribution is 0.432. The van der Waals surface area contributed by atoms with E-state index in [0.717, 1.165) is 11.3 Å². The normalized spacial score (nSPS) is 11.5. The number of aryl methyl sites for hydroxylation is 1. The van der Waals surface area contributed by atoms with Gasteiger partial charge in [-0.2, -0.15) is 5.10 Å². The Morgan fingerprint density at radius 1 is 1.33 bits per heavy atom. The van der Waals surface area contributed by atoms with Gasteiger partial charge in [0, 0.05) is 17.0 Å². The van der Waals surface area contributed by atoms with Crippen LogP contribution in [0.5, 0.6) is 5.75 Å². The number of anilines is 1. The molecule has 0 aliphatic carbocycles. The van der Waals surface area contributed by atoms with Crippen molar-refractivity contribution < 1.29 is 9.52 Å². The summed E-state index contributed by atoms with van der Waals surface area (Å²) >= 11 is 1.40. The summed E-state index contributed by atoms with van der Waals surface area (Å²) < 4.78 is 4.99. The first-order chi connectivity index (χ1) is 11.5. The highest BCUT2D eigenvalue weighted by atomic mass is 32.1. The number of nitrogens with zero attached hydrogens (tertiary/aromatic N) is 2. The third-order valence-electron chi connectivity index (χ3n) is 3.31. The molecule has 3 rings (SSSR count). The first-order valence-electron chi connectivity index (χ1n) is 7.20. The number of nitrogens with one attached hydrogen (secondary N) is 1. The van der Waals surface area contributed by atoms with Crippen molar-refractivity contribution in [1.82, 2.24) is 4.98 Å². The molecular weight excluding hydrogens is 326 g/mol.